The molecule has 7 heteroatoms. The van der Waals surface area contributed by atoms with Crippen molar-refractivity contribution in [3.63, 3.8) is 0 Å². The Kier molecular flexibility index (Phi) is 6.23. The second-order valence-corrected chi connectivity index (χ2v) is 8.70. The van der Waals surface area contributed by atoms with Gasteiger partial charge in [-0.05, 0) is 80.1 Å². The summed E-state index contributed by atoms with van der Waals surface area (Å²) in [5, 5.41) is 11.7. The van der Waals surface area contributed by atoms with Gasteiger partial charge in [0.25, 0.3) is 0 Å². The lowest BCUT2D eigenvalue weighted by Gasteiger charge is -2.47. The van der Waals surface area contributed by atoms with E-state index in [-0.39, 0.29) is 0 Å². The van der Waals surface area contributed by atoms with Gasteiger partial charge < -0.3 is 9.80 Å². The first kappa shape index (κ1) is 20.0. The smallest absolute Gasteiger partial charge is 0.222 e. The normalized spacial score (nSPS) is 19.8. The molecule has 0 unspecified atom stereocenters. The zero-order chi connectivity index (χ0) is 20.1. The number of benzene rings is 1. The van der Waals surface area contributed by atoms with E-state index in [1.165, 1.54) is 18.4 Å². The number of hydrogen-bond donors (Lipinski definition) is 0. The number of tetrazole rings is 1. The molecule has 29 heavy (non-hydrogen) atoms. The summed E-state index contributed by atoms with van der Waals surface area (Å²) in [5.74, 6) is 1.22. The van der Waals surface area contributed by atoms with E-state index < -0.39 is 0 Å². The molecule has 1 spiro atoms. The minimum absolute atomic E-state index is 0.327. The second-order valence-electron chi connectivity index (χ2n) is 8.70. The van der Waals surface area contributed by atoms with E-state index in [1.807, 2.05) is 17.7 Å². The maximum atomic E-state index is 12.5. The molecule has 2 saturated heterocycles. The van der Waals surface area contributed by atoms with Gasteiger partial charge in [-0.3, -0.25) is 4.79 Å². The van der Waals surface area contributed by atoms with Crippen molar-refractivity contribution in [2.24, 2.45) is 5.41 Å². The predicted molar refractivity (Wildman–Crippen MR) is 111 cm³/mol. The molecule has 0 saturated carbocycles. The highest BCUT2D eigenvalue weighted by Crippen LogP contribution is 2.40. The van der Waals surface area contributed by atoms with Crippen LogP contribution in [0.4, 0.5) is 0 Å². The molecule has 0 atom stereocenters. The van der Waals surface area contributed by atoms with Gasteiger partial charge in [-0.25, -0.2) is 4.68 Å². The fraction of sp³-hybridized carbons (Fsp3) is 0.636. The summed E-state index contributed by atoms with van der Waals surface area (Å²) in [6, 6.07) is 10.5. The number of piperidine rings is 2. The third kappa shape index (κ3) is 5.01. The summed E-state index contributed by atoms with van der Waals surface area (Å²) in [4.78, 5) is 17.2. The number of aryl methyl sites for hydroxylation is 2. The first-order valence-electron chi connectivity index (χ1n) is 10.9. The third-order valence-electron chi connectivity index (χ3n) is 6.73. The zero-order valence-corrected chi connectivity index (χ0v) is 17.5. The molecule has 1 aromatic carbocycles. The molecule has 2 aliphatic rings. The van der Waals surface area contributed by atoms with E-state index in [1.54, 1.807) is 0 Å². The molecule has 4 rings (SSSR count). The molecule has 1 amide bonds. The first-order chi connectivity index (χ1) is 14.1. The fourth-order valence-electron chi connectivity index (χ4n) is 4.77. The van der Waals surface area contributed by atoms with Crippen molar-refractivity contribution in [2.45, 2.75) is 52.0 Å². The Balaban J connectivity index is 1.24. The minimum Gasteiger partial charge on any atom is -0.342 e. The molecule has 7 nitrogen and oxygen atoms in total. The van der Waals surface area contributed by atoms with Crippen LogP contribution in [0.3, 0.4) is 0 Å². The van der Waals surface area contributed by atoms with E-state index in [9.17, 15) is 4.79 Å². The number of likely N-dealkylation sites (tertiary alicyclic amines) is 2. The third-order valence-corrected chi connectivity index (χ3v) is 6.73. The van der Waals surface area contributed by atoms with Crippen LogP contribution in [-0.4, -0.2) is 68.6 Å². The molecule has 1 aromatic heterocycles. The van der Waals surface area contributed by atoms with Gasteiger partial charge in [-0.2, -0.15) is 0 Å². The molecule has 0 aliphatic carbocycles. The number of nitrogens with zero attached hydrogens (tertiary/aromatic N) is 6. The van der Waals surface area contributed by atoms with Crippen molar-refractivity contribution >= 4 is 5.91 Å². The minimum atomic E-state index is 0.327. The van der Waals surface area contributed by atoms with Gasteiger partial charge in [-0.15, -0.1) is 5.10 Å². The largest absolute Gasteiger partial charge is 0.342 e. The summed E-state index contributed by atoms with van der Waals surface area (Å²) >= 11 is 0. The number of amides is 1. The topological polar surface area (TPSA) is 67.2 Å². The van der Waals surface area contributed by atoms with Crippen LogP contribution in [-0.2, 0) is 17.8 Å². The van der Waals surface area contributed by atoms with Crippen LogP contribution in [0.1, 0.15) is 43.5 Å². The highest BCUT2D eigenvalue weighted by atomic mass is 16.2. The standard InChI is InChI=1S/C22H32N6O/c1-19-23-24-25-28(19)14-5-13-26-16-11-22(12-17-26)10-8-21(29)27(18-22)15-9-20-6-3-2-4-7-20/h2-4,6-7H,5,8-18H2,1H3. The van der Waals surface area contributed by atoms with Crippen LogP contribution in [0, 0.1) is 12.3 Å². The molecule has 0 radical (unpaired) electrons. The molecule has 156 valence electrons. The maximum absolute atomic E-state index is 12.5. The lowest BCUT2D eigenvalue weighted by Crippen LogP contribution is -2.52. The van der Waals surface area contributed by atoms with Crippen LogP contribution >= 0.6 is 0 Å². The molecule has 0 N–H and O–H groups in total. The molecular formula is C22H32N6O. The number of rotatable bonds is 7. The summed E-state index contributed by atoms with van der Waals surface area (Å²) < 4.78 is 1.88. The van der Waals surface area contributed by atoms with Gasteiger partial charge >= 0.3 is 0 Å². The first-order valence-corrected chi connectivity index (χ1v) is 10.9. The summed E-state index contributed by atoms with van der Waals surface area (Å²) in [6.45, 7) is 7.97. The molecule has 2 fully saturated rings. The SMILES string of the molecule is Cc1nnnn1CCCN1CCC2(CCC(=O)N(CCc3ccccc3)C2)CC1. The predicted octanol–water partition coefficient (Wildman–Crippen LogP) is 2.32. The highest BCUT2D eigenvalue weighted by molar-refractivity contribution is 5.77. The van der Waals surface area contributed by atoms with Gasteiger partial charge in [0.1, 0.15) is 5.82 Å². The number of carbonyl (C=O) groups is 1. The summed E-state index contributed by atoms with van der Waals surface area (Å²) in [5.41, 5.74) is 1.64. The molecule has 3 heterocycles. The van der Waals surface area contributed by atoms with Crippen LogP contribution in [0.2, 0.25) is 0 Å². The van der Waals surface area contributed by atoms with E-state index in [0.717, 1.165) is 64.4 Å². The van der Waals surface area contributed by atoms with E-state index in [4.69, 9.17) is 0 Å². The van der Waals surface area contributed by atoms with Crippen LogP contribution < -0.4 is 0 Å². The monoisotopic (exact) mass is 396 g/mol. The van der Waals surface area contributed by atoms with Crippen molar-refractivity contribution in [3.05, 3.63) is 41.7 Å². The van der Waals surface area contributed by atoms with E-state index >= 15 is 0 Å². The van der Waals surface area contributed by atoms with Crippen molar-refractivity contribution in [2.75, 3.05) is 32.7 Å². The van der Waals surface area contributed by atoms with Crippen molar-refractivity contribution in [3.8, 4) is 0 Å². The lowest BCUT2D eigenvalue weighted by atomic mass is 9.72. The number of carbonyl (C=O) groups excluding carboxylic acids is 1. The van der Waals surface area contributed by atoms with Crippen LogP contribution in [0.25, 0.3) is 0 Å². The molecule has 0 bridgehead atoms. The van der Waals surface area contributed by atoms with Crippen molar-refractivity contribution in [1.82, 2.24) is 30.0 Å². The lowest BCUT2D eigenvalue weighted by molar-refractivity contribution is -0.139. The molecule has 2 aromatic rings. The molecular weight excluding hydrogens is 364 g/mol. The van der Waals surface area contributed by atoms with Gasteiger partial charge in [0.15, 0.2) is 0 Å². The quantitative estimate of drug-likeness (QED) is 0.719. The van der Waals surface area contributed by atoms with E-state index in [2.05, 4.69) is 49.6 Å². The Labute approximate surface area is 173 Å². The Bertz CT molecular complexity index is 797. The second kappa shape index (κ2) is 9.03. The maximum Gasteiger partial charge on any atom is 0.222 e. The average Bonchev–Trinajstić information content (AvgIpc) is 3.16. The summed E-state index contributed by atoms with van der Waals surface area (Å²) in [6.07, 6.45) is 6.20. The fourth-order valence-corrected chi connectivity index (χ4v) is 4.77. The van der Waals surface area contributed by atoms with Gasteiger partial charge in [0, 0.05) is 26.1 Å². The van der Waals surface area contributed by atoms with Crippen molar-refractivity contribution in [1.29, 1.82) is 0 Å². The Morgan fingerprint density at radius 1 is 1.03 bits per heavy atom. The Morgan fingerprint density at radius 2 is 1.83 bits per heavy atom. The molecule has 2 aliphatic heterocycles. The number of aromatic nitrogens is 4. The van der Waals surface area contributed by atoms with Gasteiger partial charge in [0.05, 0.1) is 0 Å². The zero-order valence-electron chi connectivity index (χ0n) is 17.5. The van der Waals surface area contributed by atoms with Gasteiger partial charge in [0.2, 0.25) is 5.91 Å². The Hall–Kier alpha value is -2.28. The summed E-state index contributed by atoms with van der Waals surface area (Å²) in [7, 11) is 0. The van der Waals surface area contributed by atoms with E-state index in [0.29, 0.717) is 17.7 Å². The number of hydrogen-bond acceptors (Lipinski definition) is 5. The Morgan fingerprint density at radius 3 is 2.55 bits per heavy atom. The average molecular weight is 397 g/mol. The van der Waals surface area contributed by atoms with Crippen molar-refractivity contribution < 1.29 is 4.79 Å². The van der Waals surface area contributed by atoms with Gasteiger partial charge in [-0.1, -0.05) is 30.3 Å². The van der Waals surface area contributed by atoms with Crippen LogP contribution in [0.5, 0.6) is 0 Å². The highest BCUT2D eigenvalue weighted by Gasteiger charge is 2.40. The van der Waals surface area contributed by atoms with Crippen LogP contribution in [0.15, 0.2) is 30.3 Å².